The van der Waals surface area contributed by atoms with Crippen LogP contribution in [0.2, 0.25) is 12.1 Å². The van der Waals surface area contributed by atoms with E-state index in [0.29, 0.717) is 17.0 Å². The van der Waals surface area contributed by atoms with E-state index in [9.17, 15) is 0 Å². The van der Waals surface area contributed by atoms with Gasteiger partial charge in [0.25, 0.3) is 0 Å². The molecule has 0 fully saturated rings. The molecule has 0 amide bonds. The molecule has 220 valence electrons. The van der Waals surface area contributed by atoms with Crippen LogP contribution in [-0.4, -0.2) is 8.07 Å². The lowest BCUT2D eigenvalue weighted by atomic mass is 9.86. The minimum Gasteiger partial charge on any atom is -0.0678 e. The van der Waals surface area contributed by atoms with Gasteiger partial charge in [-0.15, -0.1) is 0 Å². The molecule has 0 radical (unpaired) electrons. The molecule has 2 unspecified atom stereocenters. The molecule has 4 aromatic carbocycles. The molecular weight excluding hydrogens is 533 g/mol. The average molecular weight is 581 g/mol. The Morgan fingerprint density at radius 1 is 0.628 bits per heavy atom. The number of hydrogen-bond donors (Lipinski definition) is 0. The molecule has 0 saturated heterocycles. The molecule has 2 aliphatic carbocycles. The van der Waals surface area contributed by atoms with E-state index in [2.05, 4.69) is 159 Å². The predicted molar refractivity (Wildman–Crippen MR) is 191 cm³/mol. The smallest absolute Gasteiger partial charge is 0.0678 e. The van der Waals surface area contributed by atoms with E-state index in [1.165, 1.54) is 51.0 Å². The Morgan fingerprint density at radius 2 is 1.16 bits per heavy atom. The lowest BCUT2D eigenvalue weighted by molar-refractivity contribution is 0.590. The predicted octanol–water partition coefficient (Wildman–Crippen LogP) is 12.2. The topological polar surface area (TPSA) is 0 Å². The van der Waals surface area contributed by atoms with Gasteiger partial charge in [0.2, 0.25) is 0 Å². The molecule has 2 atom stereocenters. The Hall–Kier alpha value is -3.42. The van der Waals surface area contributed by atoms with Crippen molar-refractivity contribution in [3.63, 3.8) is 0 Å². The molecule has 4 aromatic rings. The summed E-state index contributed by atoms with van der Waals surface area (Å²) in [6.07, 6.45) is 5.15. The minimum atomic E-state index is -1.99. The van der Waals surface area contributed by atoms with Crippen LogP contribution in [0.4, 0.5) is 0 Å². The third-order valence-corrected chi connectivity index (χ3v) is 17.0. The van der Waals surface area contributed by atoms with Crippen molar-refractivity contribution in [2.45, 2.75) is 84.0 Å². The van der Waals surface area contributed by atoms with Crippen LogP contribution in [0.25, 0.3) is 34.4 Å². The maximum Gasteiger partial charge on any atom is 0.0776 e. The van der Waals surface area contributed by atoms with E-state index in [4.69, 9.17) is 0 Å². The number of rotatable bonds is 7. The molecule has 0 N–H and O–H groups in total. The van der Waals surface area contributed by atoms with Crippen LogP contribution in [0.15, 0.2) is 102 Å². The number of hydrogen-bond acceptors (Lipinski definition) is 0. The van der Waals surface area contributed by atoms with Gasteiger partial charge in [0, 0.05) is 11.1 Å². The molecule has 1 heteroatoms. The molecule has 0 heterocycles. The van der Waals surface area contributed by atoms with Crippen LogP contribution in [-0.2, 0) is 5.41 Å². The summed E-state index contributed by atoms with van der Waals surface area (Å²) in [4.78, 5) is 0. The summed E-state index contributed by atoms with van der Waals surface area (Å²) in [5.41, 5.74) is 17.3. The first kappa shape index (κ1) is 29.6. The molecule has 0 saturated carbocycles. The van der Waals surface area contributed by atoms with Crippen molar-refractivity contribution < 1.29 is 0 Å². The summed E-state index contributed by atoms with van der Waals surface area (Å²) in [5, 5.41) is 0. The maximum atomic E-state index is 2.61. The van der Waals surface area contributed by atoms with Crippen LogP contribution in [0.3, 0.4) is 0 Å². The van der Waals surface area contributed by atoms with Gasteiger partial charge >= 0.3 is 0 Å². The van der Waals surface area contributed by atoms with Crippen LogP contribution in [0, 0.1) is 5.92 Å². The van der Waals surface area contributed by atoms with Crippen LogP contribution in [0.1, 0.15) is 94.3 Å². The van der Waals surface area contributed by atoms with Gasteiger partial charge in [-0.2, -0.15) is 0 Å². The monoisotopic (exact) mass is 580 g/mol. The molecule has 0 aromatic heterocycles. The Labute approximate surface area is 261 Å². The van der Waals surface area contributed by atoms with Crippen molar-refractivity contribution in [1.82, 2.24) is 0 Å². The van der Waals surface area contributed by atoms with Gasteiger partial charge in [-0.1, -0.05) is 175 Å². The van der Waals surface area contributed by atoms with Crippen molar-refractivity contribution in [2.75, 3.05) is 0 Å². The largest absolute Gasteiger partial charge is 0.0776 e. The van der Waals surface area contributed by atoms with Gasteiger partial charge in [-0.3, -0.25) is 0 Å². The van der Waals surface area contributed by atoms with E-state index in [-0.39, 0.29) is 5.41 Å². The normalized spacial score (nSPS) is 18.0. The van der Waals surface area contributed by atoms with Crippen molar-refractivity contribution in [3.05, 3.63) is 130 Å². The molecule has 0 bridgehead atoms. The number of allylic oxidation sites excluding steroid dienone is 2. The Kier molecular flexibility index (Phi) is 7.76. The summed E-state index contributed by atoms with van der Waals surface area (Å²) in [5.74, 6) is 0.513. The van der Waals surface area contributed by atoms with Crippen LogP contribution >= 0.6 is 0 Å². The maximum absolute atomic E-state index is 2.61. The minimum absolute atomic E-state index is 0.157. The number of fused-ring (bicyclic) bond motifs is 2. The van der Waals surface area contributed by atoms with Crippen molar-refractivity contribution >= 4 is 20.2 Å². The molecule has 43 heavy (non-hydrogen) atoms. The lowest BCUT2D eigenvalue weighted by Crippen LogP contribution is -2.48. The fourth-order valence-corrected chi connectivity index (χ4v) is 14.7. The summed E-state index contributed by atoms with van der Waals surface area (Å²) in [7, 11) is -1.99. The second kappa shape index (κ2) is 11.3. The van der Waals surface area contributed by atoms with E-state index < -0.39 is 8.07 Å². The fraction of sp³-hybridized carbons (Fsp3) is 0.333. The zero-order chi connectivity index (χ0) is 30.5. The Morgan fingerprint density at radius 3 is 1.70 bits per heavy atom. The molecule has 2 aliphatic rings. The van der Waals surface area contributed by atoms with Crippen LogP contribution < -0.4 is 0 Å². The van der Waals surface area contributed by atoms with Crippen molar-refractivity contribution in [1.29, 1.82) is 0 Å². The first-order chi connectivity index (χ1) is 20.6. The van der Waals surface area contributed by atoms with E-state index in [1.807, 2.05) is 0 Å². The first-order valence-corrected chi connectivity index (χ1v) is 19.0. The Bertz CT molecular complexity index is 1690. The molecule has 0 spiro atoms. The highest BCUT2D eigenvalue weighted by Crippen LogP contribution is 2.58. The highest BCUT2D eigenvalue weighted by atomic mass is 28.3. The number of benzene rings is 4. The van der Waals surface area contributed by atoms with Crippen molar-refractivity contribution in [3.8, 4) is 22.3 Å². The standard InChI is InChI=1S/C42H48Si/c1-9-43(10-2,40-29(5)26-38-33(18-14-20-35(38)40)30-16-12-11-13-17-30)41-36-21-15-19-34(39(36)27-37(41)28(3)4)31-22-24-32(25-23-31)42(6,7)8/h11-28,40-41H,9-10H2,1-8H3. The second-order valence-corrected chi connectivity index (χ2v) is 19.3. The summed E-state index contributed by atoms with van der Waals surface area (Å²) < 4.78 is 0. The van der Waals surface area contributed by atoms with Gasteiger partial charge < -0.3 is 0 Å². The van der Waals surface area contributed by atoms with Gasteiger partial charge in [0.05, 0.1) is 8.07 Å². The van der Waals surface area contributed by atoms with Crippen LogP contribution in [0.5, 0.6) is 0 Å². The first-order valence-electron chi connectivity index (χ1n) is 16.4. The van der Waals surface area contributed by atoms with E-state index in [0.717, 1.165) is 0 Å². The van der Waals surface area contributed by atoms with E-state index in [1.54, 1.807) is 22.3 Å². The SMILES string of the molecule is CC[Si](CC)(C1C(C)=Cc2c(-c3ccccc3)cccc21)C1C(C(C)C)=Cc2c(-c3ccc(C(C)(C)C)cc3)cccc21. The zero-order valence-corrected chi connectivity index (χ0v) is 28.5. The zero-order valence-electron chi connectivity index (χ0n) is 27.5. The lowest BCUT2D eigenvalue weighted by Gasteiger charge is -2.45. The molecule has 0 aliphatic heterocycles. The summed E-state index contributed by atoms with van der Waals surface area (Å²) >= 11 is 0. The van der Waals surface area contributed by atoms with Gasteiger partial charge in [-0.25, -0.2) is 0 Å². The quantitative estimate of drug-likeness (QED) is 0.191. The highest BCUT2D eigenvalue weighted by molar-refractivity contribution is 6.84. The summed E-state index contributed by atoms with van der Waals surface area (Å²) in [6, 6.07) is 37.1. The Balaban J connectivity index is 1.51. The molecule has 0 nitrogen and oxygen atoms in total. The average Bonchev–Trinajstić information content (AvgIpc) is 3.57. The fourth-order valence-electron chi connectivity index (χ4n) is 8.39. The van der Waals surface area contributed by atoms with E-state index >= 15 is 0 Å². The van der Waals surface area contributed by atoms with Crippen molar-refractivity contribution in [2.24, 2.45) is 5.92 Å². The van der Waals surface area contributed by atoms with Gasteiger partial charge in [0.1, 0.15) is 0 Å². The third-order valence-electron chi connectivity index (χ3n) is 10.7. The second-order valence-electron chi connectivity index (χ2n) is 14.3. The highest BCUT2D eigenvalue weighted by Gasteiger charge is 2.52. The van der Waals surface area contributed by atoms with Gasteiger partial charge in [-0.05, 0) is 68.3 Å². The summed E-state index contributed by atoms with van der Waals surface area (Å²) in [6.45, 7) is 19.2. The molecular formula is C42H48Si. The molecule has 6 rings (SSSR count). The third kappa shape index (κ3) is 4.91. The van der Waals surface area contributed by atoms with Gasteiger partial charge in [0.15, 0.2) is 0 Å².